The molecule has 0 spiro atoms. The quantitative estimate of drug-likeness (QED) is 0.751. The molecule has 8 heteroatoms. The molecule has 1 aromatic rings. The average molecular weight is 419 g/mol. The molecule has 1 saturated heterocycles. The third-order valence-electron chi connectivity index (χ3n) is 6.49. The zero-order valence-corrected chi connectivity index (χ0v) is 18.4. The van der Waals surface area contributed by atoms with Crippen LogP contribution in [0.4, 0.5) is 5.00 Å². The van der Waals surface area contributed by atoms with Crippen LogP contribution in [-0.4, -0.2) is 79.7 Å². The number of likely N-dealkylation sites (N-methyl/N-ethyl adjacent to an activating group) is 2. The third kappa shape index (κ3) is 3.92. The van der Waals surface area contributed by atoms with Crippen LogP contribution < -0.4 is 4.90 Å². The summed E-state index contributed by atoms with van der Waals surface area (Å²) in [6.07, 6.45) is 4.67. The van der Waals surface area contributed by atoms with Gasteiger partial charge in [0.1, 0.15) is 11.5 Å². The predicted molar refractivity (Wildman–Crippen MR) is 113 cm³/mol. The summed E-state index contributed by atoms with van der Waals surface area (Å²) in [5.41, 5.74) is 1.69. The molecule has 0 saturated carbocycles. The van der Waals surface area contributed by atoms with Crippen LogP contribution in [0.3, 0.4) is 0 Å². The van der Waals surface area contributed by atoms with E-state index in [4.69, 9.17) is 0 Å². The molecule has 29 heavy (non-hydrogen) atoms. The fourth-order valence-corrected chi connectivity index (χ4v) is 6.07. The van der Waals surface area contributed by atoms with Gasteiger partial charge in [0.2, 0.25) is 11.8 Å². The van der Waals surface area contributed by atoms with Crippen molar-refractivity contribution < 1.29 is 14.4 Å². The van der Waals surface area contributed by atoms with Gasteiger partial charge in [-0.15, -0.1) is 11.3 Å². The second-order valence-electron chi connectivity index (χ2n) is 8.67. The first kappa shape index (κ1) is 20.3. The number of piperidine rings is 1. The molecule has 4 rings (SSSR count). The molecule has 0 aliphatic carbocycles. The van der Waals surface area contributed by atoms with E-state index in [1.807, 2.05) is 4.90 Å². The Morgan fingerprint density at radius 3 is 2.69 bits per heavy atom. The average Bonchev–Trinajstić information content (AvgIpc) is 3.06. The van der Waals surface area contributed by atoms with E-state index in [2.05, 4.69) is 11.9 Å². The van der Waals surface area contributed by atoms with Gasteiger partial charge in [-0.1, -0.05) is 0 Å². The number of hydrogen-bond donors (Lipinski definition) is 0. The monoisotopic (exact) mass is 418 g/mol. The standard InChI is InChI=1S/C21H30N4O3S/c1-22-9-4-5-14(11-22)6-7-17(26)25-10-8-15-16(12-25)29-21-19(15)20(28)23(2)13-18(27)24(21)3/h14H,4-13H2,1-3H3. The lowest BCUT2D eigenvalue weighted by Crippen LogP contribution is -2.38. The van der Waals surface area contributed by atoms with Crippen molar-refractivity contribution >= 4 is 34.1 Å². The van der Waals surface area contributed by atoms with Gasteiger partial charge in [0, 0.05) is 38.5 Å². The molecule has 1 atom stereocenters. The van der Waals surface area contributed by atoms with Gasteiger partial charge in [-0.2, -0.15) is 0 Å². The molecule has 7 nitrogen and oxygen atoms in total. The van der Waals surface area contributed by atoms with Crippen molar-refractivity contribution in [3.05, 3.63) is 16.0 Å². The van der Waals surface area contributed by atoms with E-state index in [1.54, 1.807) is 19.0 Å². The number of hydrogen-bond acceptors (Lipinski definition) is 5. The Morgan fingerprint density at radius 1 is 1.14 bits per heavy atom. The summed E-state index contributed by atoms with van der Waals surface area (Å²) in [6, 6.07) is 0. The van der Waals surface area contributed by atoms with Gasteiger partial charge in [-0.3, -0.25) is 14.4 Å². The van der Waals surface area contributed by atoms with Crippen molar-refractivity contribution in [1.82, 2.24) is 14.7 Å². The molecule has 0 N–H and O–H groups in total. The first-order valence-electron chi connectivity index (χ1n) is 10.5. The van der Waals surface area contributed by atoms with Gasteiger partial charge in [0.05, 0.1) is 12.1 Å². The van der Waals surface area contributed by atoms with Crippen LogP contribution in [0, 0.1) is 5.92 Å². The van der Waals surface area contributed by atoms with E-state index in [-0.39, 0.29) is 24.3 Å². The van der Waals surface area contributed by atoms with Crippen LogP contribution in [0.15, 0.2) is 0 Å². The van der Waals surface area contributed by atoms with Crippen LogP contribution in [0.1, 0.15) is 46.5 Å². The lowest BCUT2D eigenvalue weighted by molar-refractivity contribution is -0.132. The fraction of sp³-hybridized carbons (Fsp3) is 0.667. The number of carbonyl (C=O) groups is 3. The van der Waals surface area contributed by atoms with Crippen molar-refractivity contribution in [3.63, 3.8) is 0 Å². The minimum Gasteiger partial charge on any atom is -0.337 e. The van der Waals surface area contributed by atoms with Crippen LogP contribution in [-0.2, 0) is 22.6 Å². The van der Waals surface area contributed by atoms with Crippen molar-refractivity contribution in [1.29, 1.82) is 0 Å². The van der Waals surface area contributed by atoms with Crippen molar-refractivity contribution in [3.8, 4) is 0 Å². The van der Waals surface area contributed by atoms with E-state index in [9.17, 15) is 14.4 Å². The lowest BCUT2D eigenvalue weighted by Gasteiger charge is -2.31. The summed E-state index contributed by atoms with van der Waals surface area (Å²) < 4.78 is 0. The second-order valence-corrected chi connectivity index (χ2v) is 9.76. The van der Waals surface area contributed by atoms with E-state index in [0.717, 1.165) is 35.0 Å². The van der Waals surface area contributed by atoms with Crippen LogP contribution >= 0.6 is 11.3 Å². The maximum atomic E-state index is 12.8. The van der Waals surface area contributed by atoms with E-state index < -0.39 is 0 Å². The molecule has 3 aliphatic rings. The Bertz CT molecular complexity index is 836. The first-order valence-corrected chi connectivity index (χ1v) is 11.3. The molecule has 1 aromatic heterocycles. The van der Waals surface area contributed by atoms with Crippen molar-refractivity contribution in [2.75, 3.05) is 52.2 Å². The number of thiophene rings is 1. The summed E-state index contributed by atoms with van der Waals surface area (Å²) in [5.74, 6) is 0.656. The summed E-state index contributed by atoms with van der Waals surface area (Å²) in [5, 5.41) is 0.730. The number of rotatable bonds is 3. The van der Waals surface area contributed by atoms with E-state index in [0.29, 0.717) is 37.4 Å². The van der Waals surface area contributed by atoms with Crippen LogP contribution in [0.5, 0.6) is 0 Å². The zero-order valence-electron chi connectivity index (χ0n) is 17.6. The molecule has 3 aliphatic heterocycles. The number of fused-ring (bicyclic) bond motifs is 3. The maximum absolute atomic E-state index is 12.8. The first-order chi connectivity index (χ1) is 13.8. The van der Waals surface area contributed by atoms with Crippen LogP contribution in [0.25, 0.3) is 0 Å². The zero-order chi connectivity index (χ0) is 20.7. The minimum absolute atomic E-state index is 0.0800. The molecule has 3 amide bonds. The Hall–Kier alpha value is -1.93. The highest BCUT2D eigenvalue weighted by molar-refractivity contribution is 7.17. The largest absolute Gasteiger partial charge is 0.337 e. The molecule has 1 unspecified atom stereocenters. The van der Waals surface area contributed by atoms with Crippen LogP contribution in [0.2, 0.25) is 0 Å². The Morgan fingerprint density at radius 2 is 1.93 bits per heavy atom. The number of carbonyl (C=O) groups excluding carboxylic acids is 3. The summed E-state index contributed by atoms with van der Waals surface area (Å²) >= 11 is 1.49. The van der Waals surface area contributed by atoms with Crippen molar-refractivity contribution in [2.24, 2.45) is 5.92 Å². The van der Waals surface area contributed by atoms with Gasteiger partial charge in [0.15, 0.2) is 0 Å². The van der Waals surface area contributed by atoms with E-state index in [1.165, 1.54) is 29.1 Å². The molecule has 158 valence electrons. The molecular weight excluding hydrogens is 388 g/mol. The number of likely N-dealkylation sites (tertiary alicyclic amines) is 1. The molecule has 0 aromatic carbocycles. The Balaban J connectivity index is 1.46. The summed E-state index contributed by atoms with van der Waals surface area (Å²) in [6.45, 7) is 3.55. The Labute approximate surface area is 176 Å². The second kappa shape index (κ2) is 8.07. The fourth-order valence-electron chi connectivity index (χ4n) is 4.74. The summed E-state index contributed by atoms with van der Waals surface area (Å²) in [4.78, 5) is 46.5. The van der Waals surface area contributed by atoms with Crippen molar-refractivity contribution in [2.45, 2.75) is 38.6 Å². The Kier molecular flexibility index (Phi) is 5.66. The maximum Gasteiger partial charge on any atom is 0.257 e. The highest BCUT2D eigenvalue weighted by Crippen LogP contribution is 2.40. The molecule has 4 heterocycles. The highest BCUT2D eigenvalue weighted by atomic mass is 32.1. The predicted octanol–water partition coefficient (Wildman–Crippen LogP) is 1.80. The van der Waals surface area contributed by atoms with Gasteiger partial charge in [0.25, 0.3) is 5.91 Å². The third-order valence-corrected chi connectivity index (χ3v) is 7.78. The number of amides is 3. The number of anilines is 1. The highest BCUT2D eigenvalue weighted by Gasteiger charge is 2.36. The normalized spacial score (nSPS) is 23.1. The smallest absolute Gasteiger partial charge is 0.257 e. The minimum atomic E-state index is -0.0867. The SMILES string of the molecule is CN1CCCC(CCC(=O)N2CCc3c(sc4c3C(=O)N(C)CC(=O)N4C)C2)C1. The van der Waals surface area contributed by atoms with Gasteiger partial charge < -0.3 is 19.6 Å². The molecule has 0 radical (unpaired) electrons. The van der Waals surface area contributed by atoms with Gasteiger partial charge in [-0.05, 0) is 50.8 Å². The number of nitrogens with zero attached hydrogens (tertiary/aromatic N) is 4. The molecular formula is C21H30N4O3S. The summed E-state index contributed by atoms with van der Waals surface area (Å²) in [7, 11) is 5.57. The van der Waals surface area contributed by atoms with Gasteiger partial charge >= 0.3 is 0 Å². The lowest BCUT2D eigenvalue weighted by atomic mass is 9.93. The molecule has 0 bridgehead atoms. The molecule has 1 fully saturated rings. The van der Waals surface area contributed by atoms with Gasteiger partial charge in [-0.25, -0.2) is 0 Å². The van der Waals surface area contributed by atoms with E-state index >= 15 is 0 Å². The topological polar surface area (TPSA) is 64.2 Å².